The number of amidine groups is 1. The van der Waals surface area contributed by atoms with Gasteiger partial charge in [-0.3, -0.25) is 4.99 Å². The zero-order valence-corrected chi connectivity index (χ0v) is 8.66. The summed E-state index contributed by atoms with van der Waals surface area (Å²) in [5.41, 5.74) is 4.55. The van der Waals surface area contributed by atoms with Crippen LogP contribution in [0.25, 0.3) is 0 Å². The van der Waals surface area contributed by atoms with Crippen molar-refractivity contribution in [2.75, 3.05) is 14.2 Å². The van der Waals surface area contributed by atoms with E-state index in [4.69, 9.17) is 10.6 Å². The summed E-state index contributed by atoms with van der Waals surface area (Å²) in [6.45, 7) is 2.01. The van der Waals surface area contributed by atoms with Crippen LogP contribution in [0.5, 0.6) is 5.75 Å². The number of hydrogen-bond acceptors (Lipinski definition) is 3. The van der Waals surface area contributed by atoms with Gasteiger partial charge in [-0.2, -0.15) is 0 Å². The van der Waals surface area contributed by atoms with Crippen LogP contribution in [0.15, 0.2) is 23.2 Å². The summed E-state index contributed by atoms with van der Waals surface area (Å²) < 4.78 is 5.21. The summed E-state index contributed by atoms with van der Waals surface area (Å²) in [5.74, 6) is 6.73. The molecule has 0 fully saturated rings. The number of nitrogens with one attached hydrogen (secondary N) is 1. The van der Waals surface area contributed by atoms with E-state index in [-0.39, 0.29) is 0 Å². The van der Waals surface area contributed by atoms with E-state index in [0.29, 0.717) is 5.84 Å². The predicted molar refractivity (Wildman–Crippen MR) is 57.5 cm³/mol. The molecule has 0 aliphatic heterocycles. The van der Waals surface area contributed by atoms with E-state index in [0.717, 1.165) is 16.9 Å². The van der Waals surface area contributed by atoms with Gasteiger partial charge in [-0.15, -0.1) is 0 Å². The Balaban J connectivity index is 3.22. The Labute approximate surface area is 83.8 Å². The second-order valence-electron chi connectivity index (χ2n) is 2.92. The highest BCUT2D eigenvalue weighted by atomic mass is 16.5. The Bertz CT molecular complexity index is 347. The molecule has 0 saturated carbocycles. The molecular formula is C10H15N3O. The number of aryl methyl sites for hydroxylation is 1. The first-order valence-electron chi connectivity index (χ1n) is 4.31. The predicted octanol–water partition coefficient (Wildman–Crippen LogP) is 0.843. The number of rotatable bonds is 2. The zero-order chi connectivity index (χ0) is 10.6. The van der Waals surface area contributed by atoms with Crippen LogP contribution in [0.1, 0.15) is 11.1 Å². The van der Waals surface area contributed by atoms with Crippen molar-refractivity contribution in [3.8, 4) is 5.75 Å². The maximum atomic E-state index is 5.35. The Hall–Kier alpha value is -1.55. The van der Waals surface area contributed by atoms with Gasteiger partial charge in [-0.1, -0.05) is 11.6 Å². The molecule has 0 amide bonds. The SMILES string of the molecule is CN=C(NN)c1cc(C)ccc1OC. The van der Waals surface area contributed by atoms with Gasteiger partial charge in [0, 0.05) is 7.05 Å². The third-order valence-electron chi connectivity index (χ3n) is 1.97. The monoisotopic (exact) mass is 193 g/mol. The van der Waals surface area contributed by atoms with E-state index < -0.39 is 0 Å². The van der Waals surface area contributed by atoms with Gasteiger partial charge >= 0.3 is 0 Å². The van der Waals surface area contributed by atoms with Crippen LogP contribution in [0.3, 0.4) is 0 Å². The number of hydrogen-bond donors (Lipinski definition) is 2. The van der Waals surface area contributed by atoms with Gasteiger partial charge in [0.2, 0.25) is 0 Å². The highest BCUT2D eigenvalue weighted by Gasteiger charge is 2.07. The van der Waals surface area contributed by atoms with Gasteiger partial charge in [-0.05, 0) is 19.1 Å². The molecule has 0 aliphatic rings. The van der Waals surface area contributed by atoms with Crippen LogP contribution in [0.4, 0.5) is 0 Å². The number of methoxy groups -OCH3 is 1. The number of benzene rings is 1. The van der Waals surface area contributed by atoms with E-state index in [1.165, 1.54) is 0 Å². The van der Waals surface area contributed by atoms with Gasteiger partial charge < -0.3 is 10.2 Å². The van der Waals surface area contributed by atoms with Gasteiger partial charge in [0.05, 0.1) is 12.7 Å². The summed E-state index contributed by atoms with van der Waals surface area (Å²) >= 11 is 0. The van der Waals surface area contributed by atoms with Gasteiger partial charge in [-0.25, -0.2) is 5.84 Å². The molecule has 14 heavy (non-hydrogen) atoms. The number of aliphatic imine (C=N–C) groups is 1. The number of nitrogens with zero attached hydrogens (tertiary/aromatic N) is 1. The largest absolute Gasteiger partial charge is 0.496 e. The Morgan fingerprint density at radius 2 is 2.21 bits per heavy atom. The standard InChI is InChI=1S/C10H15N3O/c1-7-4-5-9(14-3)8(6-7)10(12-2)13-11/h4-6H,11H2,1-3H3,(H,12,13). The Morgan fingerprint density at radius 3 is 2.71 bits per heavy atom. The molecule has 0 aromatic heterocycles. The summed E-state index contributed by atoms with van der Waals surface area (Å²) in [6.07, 6.45) is 0. The molecule has 0 saturated heterocycles. The summed E-state index contributed by atoms with van der Waals surface area (Å²) in [5, 5.41) is 0. The molecule has 76 valence electrons. The Morgan fingerprint density at radius 1 is 1.50 bits per heavy atom. The van der Waals surface area contributed by atoms with Gasteiger partial charge in [0.1, 0.15) is 11.6 Å². The lowest BCUT2D eigenvalue weighted by Crippen LogP contribution is -2.31. The van der Waals surface area contributed by atoms with Crippen molar-refractivity contribution in [1.82, 2.24) is 5.43 Å². The third kappa shape index (κ3) is 2.03. The smallest absolute Gasteiger partial charge is 0.146 e. The minimum Gasteiger partial charge on any atom is -0.496 e. The molecule has 0 radical (unpaired) electrons. The van der Waals surface area contributed by atoms with Crippen LogP contribution in [0, 0.1) is 6.92 Å². The first kappa shape index (κ1) is 10.5. The molecule has 0 bridgehead atoms. The molecule has 0 atom stereocenters. The molecule has 0 aliphatic carbocycles. The van der Waals surface area contributed by atoms with Crippen molar-refractivity contribution in [1.29, 1.82) is 0 Å². The normalized spacial score (nSPS) is 11.3. The average Bonchev–Trinajstić information content (AvgIpc) is 2.20. The van der Waals surface area contributed by atoms with Crippen molar-refractivity contribution in [2.45, 2.75) is 6.92 Å². The fraction of sp³-hybridized carbons (Fsp3) is 0.300. The quantitative estimate of drug-likeness (QED) is 0.317. The molecule has 4 heteroatoms. The summed E-state index contributed by atoms with van der Waals surface area (Å²) in [7, 11) is 3.30. The number of hydrazine groups is 1. The second-order valence-corrected chi connectivity index (χ2v) is 2.92. The zero-order valence-electron chi connectivity index (χ0n) is 8.66. The molecule has 1 aromatic carbocycles. The van der Waals surface area contributed by atoms with Gasteiger partial charge in [0.25, 0.3) is 0 Å². The fourth-order valence-electron chi connectivity index (χ4n) is 1.27. The minimum atomic E-state index is 0.616. The lowest BCUT2D eigenvalue weighted by atomic mass is 10.1. The van der Waals surface area contributed by atoms with Crippen molar-refractivity contribution in [3.63, 3.8) is 0 Å². The number of nitrogens with two attached hydrogens (primary N) is 1. The highest BCUT2D eigenvalue weighted by Crippen LogP contribution is 2.19. The molecule has 3 N–H and O–H groups in total. The third-order valence-corrected chi connectivity index (χ3v) is 1.97. The molecule has 4 nitrogen and oxygen atoms in total. The van der Waals surface area contributed by atoms with Crippen molar-refractivity contribution < 1.29 is 4.74 Å². The maximum Gasteiger partial charge on any atom is 0.146 e. The highest BCUT2D eigenvalue weighted by molar-refractivity contribution is 6.00. The lowest BCUT2D eigenvalue weighted by Gasteiger charge is -2.10. The Kier molecular flexibility index (Phi) is 3.48. The van der Waals surface area contributed by atoms with Crippen LogP contribution < -0.4 is 16.0 Å². The average molecular weight is 193 g/mol. The van der Waals surface area contributed by atoms with E-state index >= 15 is 0 Å². The summed E-state index contributed by atoms with van der Waals surface area (Å²) in [4.78, 5) is 4.03. The maximum absolute atomic E-state index is 5.35. The molecule has 0 spiro atoms. The van der Waals surface area contributed by atoms with E-state index in [2.05, 4.69) is 10.4 Å². The first-order chi connectivity index (χ1) is 6.72. The first-order valence-corrected chi connectivity index (χ1v) is 4.31. The number of ether oxygens (including phenoxy) is 1. The van der Waals surface area contributed by atoms with E-state index in [1.807, 2.05) is 25.1 Å². The molecule has 0 unspecified atom stereocenters. The second kappa shape index (κ2) is 4.62. The molecular weight excluding hydrogens is 178 g/mol. The fourth-order valence-corrected chi connectivity index (χ4v) is 1.27. The van der Waals surface area contributed by atoms with E-state index in [1.54, 1.807) is 14.2 Å². The van der Waals surface area contributed by atoms with Gasteiger partial charge in [0.15, 0.2) is 0 Å². The molecule has 1 rings (SSSR count). The van der Waals surface area contributed by atoms with Crippen molar-refractivity contribution in [3.05, 3.63) is 29.3 Å². The molecule has 1 aromatic rings. The van der Waals surface area contributed by atoms with Crippen LogP contribution in [-0.2, 0) is 0 Å². The van der Waals surface area contributed by atoms with Crippen LogP contribution in [-0.4, -0.2) is 20.0 Å². The summed E-state index contributed by atoms with van der Waals surface area (Å²) in [6, 6.07) is 5.85. The topological polar surface area (TPSA) is 59.6 Å². The minimum absolute atomic E-state index is 0.616. The lowest BCUT2D eigenvalue weighted by molar-refractivity contribution is 0.413. The van der Waals surface area contributed by atoms with Crippen molar-refractivity contribution in [2.24, 2.45) is 10.8 Å². The molecule has 0 heterocycles. The van der Waals surface area contributed by atoms with Crippen LogP contribution in [0.2, 0.25) is 0 Å². The van der Waals surface area contributed by atoms with Crippen molar-refractivity contribution >= 4 is 5.84 Å². The van der Waals surface area contributed by atoms with E-state index in [9.17, 15) is 0 Å². The van der Waals surface area contributed by atoms with Crippen LogP contribution >= 0.6 is 0 Å².